The molecule has 0 aromatic rings. The Labute approximate surface area is 239 Å². The number of nitrogens with one attached hydrogen (secondary N) is 7. The van der Waals surface area contributed by atoms with Crippen LogP contribution in [-0.4, -0.2) is 110 Å². The van der Waals surface area contributed by atoms with Crippen LogP contribution in [0.5, 0.6) is 0 Å². The fourth-order valence-electron chi connectivity index (χ4n) is 6.23. The average molecular weight is 599 g/mol. The van der Waals surface area contributed by atoms with Crippen LogP contribution in [0.1, 0.15) is 44.9 Å². The third-order valence-corrected chi connectivity index (χ3v) is 9.74. The van der Waals surface area contributed by atoms with E-state index in [0.29, 0.717) is 11.7 Å². The van der Waals surface area contributed by atoms with Crippen LogP contribution in [0, 0.1) is 0 Å². The highest BCUT2D eigenvalue weighted by Gasteiger charge is 2.74. The summed E-state index contributed by atoms with van der Waals surface area (Å²) < 4.78 is 6.92. The van der Waals surface area contributed by atoms with Crippen molar-refractivity contribution in [2.45, 2.75) is 85.8 Å². The van der Waals surface area contributed by atoms with Crippen LogP contribution in [-0.2, 0) is 19.1 Å². The van der Waals surface area contributed by atoms with Gasteiger partial charge in [0.1, 0.15) is 12.6 Å². The van der Waals surface area contributed by atoms with Crippen LogP contribution in [0.2, 0.25) is 0 Å². The van der Waals surface area contributed by atoms with Gasteiger partial charge in [-0.25, -0.2) is 14.7 Å². The van der Waals surface area contributed by atoms with Gasteiger partial charge < -0.3 is 25.6 Å². The smallest absolute Gasteiger partial charge is 0.347 e. The lowest BCUT2D eigenvalue weighted by Gasteiger charge is -2.40. The summed E-state index contributed by atoms with van der Waals surface area (Å²) in [5.74, 6) is -2.50. The molecule has 5 aliphatic heterocycles. The standard InChI is InChI=1S/C23H36N10O7S/c24-19-29-18-11(26-20(25)33-8-7-22(38,39)23(18,33)30-19)9-40-16(36)6-5-15(35)32-31-14(34)4-2-1-3-13-17-12(10-41-13)27-21(37)28-17/h11-13,17-18,38-39H,1-10H2,(H9,24,25,26,27,28,29,30,31,32,34,35,37)/p+2. The Hall–Kier alpha value is -3.51. The SMILES string of the molecule is NC1=[NH+]C2C(COC(=O)CCC(=O)NNC(=O)CCCCC3SCC4NC(=O)NC43)NC(N)=[N+]3CCC(O)(O)C23N1. The summed E-state index contributed by atoms with van der Waals surface area (Å²) >= 11 is 1.82. The number of esters is 1. The number of carbonyl (C=O) groups is 4. The largest absolute Gasteiger partial charge is 0.462 e. The number of ether oxygens (including phenoxy) is 1. The van der Waals surface area contributed by atoms with Crippen LogP contribution in [0.15, 0.2) is 0 Å². The van der Waals surface area contributed by atoms with E-state index in [4.69, 9.17) is 16.2 Å². The predicted molar refractivity (Wildman–Crippen MR) is 143 cm³/mol. The van der Waals surface area contributed by atoms with E-state index in [1.807, 2.05) is 11.8 Å². The van der Waals surface area contributed by atoms with Gasteiger partial charge >= 0.3 is 23.9 Å². The number of aliphatic hydroxyl groups is 2. The van der Waals surface area contributed by atoms with Crippen molar-refractivity contribution in [1.29, 1.82) is 0 Å². The molecule has 3 saturated heterocycles. The van der Waals surface area contributed by atoms with Gasteiger partial charge in [-0.1, -0.05) is 6.42 Å². The van der Waals surface area contributed by atoms with E-state index < -0.39 is 35.4 Å². The van der Waals surface area contributed by atoms with E-state index >= 15 is 0 Å². The van der Waals surface area contributed by atoms with Crippen molar-refractivity contribution in [3.63, 3.8) is 0 Å². The second-order valence-corrected chi connectivity index (χ2v) is 12.2. The van der Waals surface area contributed by atoms with Crippen LogP contribution in [0.3, 0.4) is 0 Å². The predicted octanol–water partition coefficient (Wildman–Crippen LogP) is -6.37. The molecular formula is C23H38N10O7S+2. The van der Waals surface area contributed by atoms with Crippen molar-refractivity contribution in [2.24, 2.45) is 11.5 Å². The number of fused-ring (bicyclic) bond motifs is 1. The van der Waals surface area contributed by atoms with Crippen molar-refractivity contribution < 1.29 is 43.7 Å². The van der Waals surface area contributed by atoms with Crippen molar-refractivity contribution in [1.82, 2.24) is 32.1 Å². The highest BCUT2D eigenvalue weighted by Crippen LogP contribution is 2.37. The molecule has 3 fully saturated rings. The van der Waals surface area contributed by atoms with Gasteiger partial charge in [0, 0.05) is 30.3 Å². The number of urea groups is 1. The molecule has 0 aliphatic carbocycles. The van der Waals surface area contributed by atoms with E-state index in [0.717, 1.165) is 18.6 Å². The molecule has 5 aliphatic rings. The van der Waals surface area contributed by atoms with Crippen LogP contribution in [0.25, 0.3) is 0 Å². The van der Waals surface area contributed by atoms with E-state index in [1.54, 1.807) is 4.58 Å². The Balaban J connectivity index is 0.976. The zero-order valence-electron chi connectivity index (χ0n) is 22.4. The van der Waals surface area contributed by atoms with Crippen molar-refractivity contribution in [3.8, 4) is 0 Å². The van der Waals surface area contributed by atoms with Gasteiger partial charge in [0.05, 0.1) is 25.0 Å². The Morgan fingerprint density at radius 2 is 1.85 bits per heavy atom. The molecule has 18 heteroatoms. The molecule has 5 heterocycles. The van der Waals surface area contributed by atoms with Gasteiger partial charge in [-0.3, -0.25) is 47.0 Å². The summed E-state index contributed by atoms with van der Waals surface area (Å²) in [6.45, 7) is 0.0848. The molecule has 0 saturated carbocycles. The summed E-state index contributed by atoms with van der Waals surface area (Å²) in [5.41, 5.74) is 15.3. The number of nitrogens with zero attached hydrogens (tertiary/aromatic N) is 1. The molecule has 17 nitrogen and oxygen atoms in total. The number of carbonyl (C=O) groups excluding carboxylic acids is 4. The van der Waals surface area contributed by atoms with Gasteiger partial charge in [-0.2, -0.15) is 11.8 Å². The molecule has 6 unspecified atom stereocenters. The highest BCUT2D eigenvalue weighted by atomic mass is 32.2. The summed E-state index contributed by atoms with van der Waals surface area (Å²) in [6, 6.07) is -1.18. The zero-order valence-corrected chi connectivity index (χ0v) is 23.2. The first-order chi connectivity index (χ1) is 19.5. The summed E-state index contributed by atoms with van der Waals surface area (Å²) in [7, 11) is 0. The molecule has 13 N–H and O–H groups in total. The lowest BCUT2D eigenvalue weighted by molar-refractivity contribution is -0.674. The topological polar surface area (TPSA) is 259 Å². The lowest BCUT2D eigenvalue weighted by atomic mass is 9.87. The summed E-state index contributed by atoms with van der Waals surface area (Å²) in [5, 5.41) is 33.5. The number of unbranched alkanes of at least 4 members (excludes halogenated alkanes) is 1. The molecule has 4 amide bonds. The fourth-order valence-corrected chi connectivity index (χ4v) is 7.77. The number of amides is 4. The first kappa shape index (κ1) is 29.0. The van der Waals surface area contributed by atoms with Crippen molar-refractivity contribution >= 4 is 47.5 Å². The Kier molecular flexibility index (Phi) is 8.06. The third-order valence-electron chi connectivity index (χ3n) is 8.23. The molecule has 0 aromatic carbocycles. The Morgan fingerprint density at radius 3 is 2.63 bits per heavy atom. The molecule has 0 bridgehead atoms. The molecule has 5 rings (SSSR count). The number of thioether (sulfide) groups is 1. The Bertz CT molecular complexity index is 1170. The number of nitrogens with two attached hydrogens (primary N) is 2. The molecule has 41 heavy (non-hydrogen) atoms. The minimum atomic E-state index is -2.16. The maximum Gasteiger partial charge on any atom is 0.347 e. The number of hydrogen-bond donors (Lipinski definition) is 11. The molecule has 1 spiro atoms. The van der Waals surface area contributed by atoms with Gasteiger partial charge in [0.25, 0.3) is 5.66 Å². The zero-order chi connectivity index (χ0) is 29.4. The normalized spacial score (nSPS) is 32.4. The van der Waals surface area contributed by atoms with E-state index in [2.05, 4.69) is 37.1 Å². The quantitative estimate of drug-likeness (QED) is 0.0280. The fraction of sp³-hybridized carbons (Fsp3) is 0.739. The van der Waals surface area contributed by atoms with E-state index in [9.17, 15) is 29.4 Å². The second kappa shape index (κ2) is 11.4. The van der Waals surface area contributed by atoms with Crippen LogP contribution in [0.4, 0.5) is 4.79 Å². The summed E-state index contributed by atoms with van der Waals surface area (Å²) in [6.07, 6.45) is 2.16. The van der Waals surface area contributed by atoms with Gasteiger partial charge in [-0.15, -0.1) is 0 Å². The number of hydrogen-bond acceptors (Lipinski definition) is 12. The molecule has 0 radical (unpaired) electrons. The Morgan fingerprint density at radius 1 is 1.10 bits per heavy atom. The third kappa shape index (κ3) is 5.67. The van der Waals surface area contributed by atoms with Crippen LogP contribution < -0.4 is 48.6 Å². The molecular weight excluding hydrogens is 560 g/mol. The molecule has 226 valence electrons. The molecule has 6 atom stereocenters. The van der Waals surface area contributed by atoms with Gasteiger partial charge in [-0.05, 0) is 12.8 Å². The van der Waals surface area contributed by atoms with Crippen LogP contribution >= 0.6 is 11.8 Å². The first-order valence-corrected chi connectivity index (χ1v) is 14.8. The number of rotatable bonds is 10. The maximum atomic E-state index is 12.3. The lowest BCUT2D eigenvalue weighted by Crippen LogP contribution is -2.91. The monoisotopic (exact) mass is 598 g/mol. The van der Waals surface area contributed by atoms with Gasteiger partial charge in [0.2, 0.25) is 17.6 Å². The second-order valence-electron chi connectivity index (χ2n) is 10.9. The van der Waals surface area contributed by atoms with Crippen molar-refractivity contribution in [2.75, 3.05) is 18.9 Å². The average Bonchev–Trinajstić information content (AvgIpc) is 3.64. The van der Waals surface area contributed by atoms with Gasteiger partial charge in [0.15, 0.2) is 6.04 Å². The minimum absolute atomic E-state index is 0.0191. The molecule has 0 aromatic heterocycles. The maximum absolute atomic E-state index is 12.3. The number of guanidine groups is 2. The first-order valence-electron chi connectivity index (χ1n) is 13.7. The van der Waals surface area contributed by atoms with E-state index in [1.165, 1.54) is 0 Å². The number of hydrazine groups is 1. The highest BCUT2D eigenvalue weighted by molar-refractivity contribution is 8.00. The van der Waals surface area contributed by atoms with E-state index in [-0.39, 0.29) is 74.8 Å². The summed E-state index contributed by atoms with van der Waals surface area (Å²) in [4.78, 5) is 51.0. The minimum Gasteiger partial charge on any atom is -0.462 e. The van der Waals surface area contributed by atoms with Crippen molar-refractivity contribution in [3.05, 3.63) is 0 Å².